The van der Waals surface area contributed by atoms with Crippen LogP contribution in [0.1, 0.15) is 0 Å². The molecule has 4 heteroatoms. The first-order chi connectivity index (χ1) is 4.31. The van der Waals surface area contributed by atoms with Crippen LogP contribution in [0.3, 0.4) is 0 Å². The molecule has 54 valence electrons. The van der Waals surface area contributed by atoms with E-state index in [-0.39, 0.29) is 0 Å². The average Bonchev–Trinajstić information content (AvgIpc) is 1.89. The predicted octanol–water partition coefficient (Wildman–Crippen LogP) is 0.310. The molecule has 0 saturated carbocycles. The highest BCUT2D eigenvalue weighted by molar-refractivity contribution is 8.13. The van der Waals surface area contributed by atoms with Crippen molar-refractivity contribution in [2.24, 2.45) is 10.7 Å². The van der Waals surface area contributed by atoms with E-state index in [1.54, 1.807) is 14.2 Å². The number of aliphatic imine (C=N–C) groups is 1. The molecule has 0 unspecified atom stereocenters. The van der Waals surface area contributed by atoms with E-state index >= 15 is 0 Å². The molecule has 9 heavy (non-hydrogen) atoms. The van der Waals surface area contributed by atoms with E-state index in [1.165, 1.54) is 11.8 Å². The van der Waals surface area contributed by atoms with Gasteiger partial charge in [-0.2, -0.15) is 0 Å². The molecular formula is C5H12N2OS. The topological polar surface area (TPSA) is 47.6 Å². The standard InChI is InChI=1S/C5H12N2OS/c1-7-5(6)9-4-3-8-2/h3-4H2,1-2H3,(H2,6,7). The molecular weight excluding hydrogens is 136 g/mol. The normalized spacial score (nSPS) is 12.0. The first-order valence-electron chi connectivity index (χ1n) is 2.65. The zero-order valence-electron chi connectivity index (χ0n) is 5.76. The third-order valence-electron chi connectivity index (χ3n) is 0.758. The number of rotatable bonds is 3. The van der Waals surface area contributed by atoms with E-state index in [4.69, 9.17) is 10.5 Å². The molecule has 0 radical (unpaired) electrons. The summed E-state index contributed by atoms with van der Waals surface area (Å²) >= 11 is 1.50. The number of nitrogens with zero attached hydrogens (tertiary/aromatic N) is 1. The maximum absolute atomic E-state index is 5.37. The third-order valence-corrected chi connectivity index (χ3v) is 1.61. The van der Waals surface area contributed by atoms with Crippen molar-refractivity contribution in [3.63, 3.8) is 0 Å². The Morgan fingerprint density at radius 2 is 2.44 bits per heavy atom. The molecule has 0 aromatic heterocycles. The van der Waals surface area contributed by atoms with E-state index in [0.29, 0.717) is 5.17 Å². The predicted molar refractivity (Wildman–Crippen MR) is 41.9 cm³/mol. The van der Waals surface area contributed by atoms with Crippen LogP contribution in [0.2, 0.25) is 0 Å². The van der Waals surface area contributed by atoms with Gasteiger partial charge in [0.05, 0.1) is 6.61 Å². The lowest BCUT2D eigenvalue weighted by atomic mass is 10.9. The summed E-state index contributed by atoms with van der Waals surface area (Å²) in [6.07, 6.45) is 0. The lowest BCUT2D eigenvalue weighted by Gasteiger charge is -1.96. The quantitative estimate of drug-likeness (QED) is 0.356. The maximum Gasteiger partial charge on any atom is 0.153 e. The van der Waals surface area contributed by atoms with Gasteiger partial charge in [0.15, 0.2) is 5.17 Å². The van der Waals surface area contributed by atoms with Crippen molar-refractivity contribution in [1.82, 2.24) is 0 Å². The molecule has 0 aromatic carbocycles. The summed E-state index contributed by atoms with van der Waals surface area (Å²) < 4.78 is 4.81. The lowest BCUT2D eigenvalue weighted by molar-refractivity contribution is 0.219. The number of amidine groups is 1. The summed E-state index contributed by atoms with van der Waals surface area (Å²) in [6.45, 7) is 0.723. The second-order valence-corrected chi connectivity index (χ2v) is 2.52. The molecule has 0 rings (SSSR count). The number of ether oxygens (including phenoxy) is 1. The Balaban J connectivity index is 3.07. The van der Waals surface area contributed by atoms with Crippen LogP contribution in [0, 0.1) is 0 Å². The maximum atomic E-state index is 5.37. The summed E-state index contributed by atoms with van der Waals surface area (Å²) in [5.74, 6) is 0.875. The highest BCUT2D eigenvalue weighted by atomic mass is 32.2. The average molecular weight is 148 g/mol. The third kappa shape index (κ3) is 5.65. The SMILES string of the molecule is CN=C(N)SCCOC. The Bertz CT molecular complexity index is 95.0. The minimum Gasteiger partial charge on any atom is -0.384 e. The monoisotopic (exact) mass is 148 g/mol. The van der Waals surface area contributed by atoms with Crippen LogP contribution in [0.4, 0.5) is 0 Å². The van der Waals surface area contributed by atoms with Gasteiger partial charge in [-0.3, -0.25) is 4.99 Å². The number of nitrogens with two attached hydrogens (primary N) is 1. The summed E-state index contributed by atoms with van der Waals surface area (Å²) in [6, 6.07) is 0. The van der Waals surface area contributed by atoms with Crippen LogP contribution in [0.15, 0.2) is 4.99 Å². The van der Waals surface area contributed by atoms with Crippen LogP contribution in [-0.2, 0) is 4.74 Å². The first-order valence-corrected chi connectivity index (χ1v) is 3.63. The van der Waals surface area contributed by atoms with Crippen molar-refractivity contribution >= 4 is 16.9 Å². The van der Waals surface area contributed by atoms with Crippen LogP contribution in [0.25, 0.3) is 0 Å². The second-order valence-electron chi connectivity index (χ2n) is 1.40. The molecule has 2 N–H and O–H groups in total. The fourth-order valence-electron chi connectivity index (χ4n) is 0.294. The number of hydrogen-bond acceptors (Lipinski definition) is 3. The minimum atomic E-state index is 0.618. The van der Waals surface area contributed by atoms with Crippen LogP contribution in [-0.4, -0.2) is 31.7 Å². The number of thioether (sulfide) groups is 1. The molecule has 0 aliphatic rings. The molecule has 3 nitrogen and oxygen atoms in total. The molecule has 0 fully saturated rings. The molecule has 0 aromatic rings. The Kier molecular flexibility index (Phi) is 5.76. The molecule has 0 spiro atoms. The van der Waals surface area contributed by atoms with Gasteiger partial charge in [0.25, 0.3) is 0 Å². The van der Waals surface area contributed by atoms with Crippen molar-refractivity contribution in [2.75, 3.05) is 26.5 Å². The Morgan fingerprint density at radius 3 is 2.89 bits per heavy atom. The van der Waals surface area contributed by atoms with Gasteiger partial charge in [-0.15, -0.1) is 0 Å². The van der Waals surface area contributed by atoms with Crippen molar-refractivity contribution in [3.8, 4) is 0 Å². The molecule has 0 bridgehead atoms. The molecule has 0 saturated heterocycles. The van der Waals surface area contributed by atoms with Crippen molar-refractivity contribution < 1.29 is 4.74 Å². The molecule has 0 atom stereocenters. The summed E-state index contributed by atoms with van der Waals surface area (Å²) in [7, 11) is 3.34. The molecule has 0 aliphatic heterocycles. The van der Waals surface area contributed by atoms with E-state index in [1.807, 2.05) is 0 Å². The highest BCUT2D eigenvalue weighted by Gasteiger charge is 1.89. The van der Waals surface area contributed by atoms with E-state index < -0.39 is 0 Å². The Labute approximate surface area is 59.7 Å². The van der Waals surface area contributed by atoms with Gasteiger partial charge in [0.2, 0.25) is 0 Å². The van der Waals surface area contributed by atoms with Gasteiger partial charge >= 0.3 is 0 Å². The molecule has 0 heterocycles. The largest absolute Gasteiger partial charge is 0.384 e. The van der Waals surface area contributed by atoms with E-state index in [0.717, 1.165) is 12.4 Å². The van der Waals surface area contributed by atoms with E-state index in [9.17, 15) is 0 Å². The van der Waals surface area contributed by atoms with Gasteiger partial charge < -0.3 is 10.5 Å². The van der Waals surface area contributed by atoms with Crippen LogP contribution in [0.5, 0.6) is 0 Å². The fraction of sp³-hybridized carbons (Fsp3) is 0.800. The van der Waals surface area contributed by atoms with Crippen LogP contribution >= 0.6 is 11.8 Å². The second kappa shape index (κ2) is 5.91. The Hall–Kier alpha value is -0.220. The minimum absolute atomic E-state index is 0.618. The van der Waals surface area contributed by atoms with Crippen molar-refractivity contribution in [1.29, 1.82) is 0 Å². The van der Waals surface area contributed by atoms with E-state index in [2.05, 4.69) is 4.99 Å². The van der Waals surface area contributed by atoms with Gasteiger partial charge in [0, 0.05) is 19.9 Å². The van der Waals surface area contributed by atoms with Crippen LogP contribution < -0.4 is 5.73 Å². The molecule has 0 aliphatic carbocycles. The highest BCUT2D eigenvalue weighted by Crippen LogP contribution is 1.97. The van der Waals surface area contributed by atoms with Gasteiger partial charge in [-0.1, -0.05) is 11.8 Å². The number of methoxy groups -OCH3 is 1. The summed E-state index contributed by atoms with van der Waals surface area (Å²) in [5, 5.41) is 0.618. The zero-order valence-corrected chi connectivity index (χ0v) is 6.57. The van der Waals surface area contributed by atoms with Gasteiger partial charge in [-0.25, -0.2) is 0 Å². The summed E-state index contributed by atoms with van der Waals surface area (Å²) in [5.41, 5.74) is 5.37. The molecule has 0 amide bonds. The first kappa shape index (κ1) is 8.78. The summed E-state index contributed by atoms with van der Waals surface area (Å²) in [4.78, 5) is 3.76. The smallest absolute Gasteiger partial charge is 0.153 e. The van der Waals surface area contributed by atoms with Crippen molar-refractivity contribution in [3.05, 3.63) is 0 Å². The zero-order chi connectivity index (χ0) is 7.11. The van der Waals surface area contributed by atoms with Gasteiger partial charge in [-0.05, 0) is 0 Å². The Morgan fingerprint density at radius 1 is 1.78 bits per heavy atom. The number of hydrogen-bond donors (Lipinski definition) is 1. The fourth-order valence-corrected chi connectivity index (χ4v) is 0.882. The van der Waals surface area contributed by atoms with Crippen molar-refractivity contribution in [2.45, 2.75) is 0 Å². The lowest BCUT2D eigenvalue weighted by Crippen LogP contribution is -2.08. The van der Waals surface area contributed by atoms with Gasteiger partial charge in [0.1, 0.15) is 0 Å².